The Labute approximate surface area is 133 Å². The number of quaternary nitrogens is 1. The van der Waals surface area contributed by atoms with Crippen LogP contribution in [-0.4, -0.2) is 24.1 Å². The zero-order chi connectivity index (χ0) is 10.4. The van der Waals surface area contributed by atoms with Crippen molar-refractivity contribution in [1.29, 1.82) is 0 Å². The fourth-order valence-electron chi connectivity index (χ4n) is 1.98. The molecule has 0 aliphatic carbocycles. The Morgan fingerprint density at radius 3 is 1.59 bits per heavy atom. The predicted molar refractivity (Wildman–Crippen MR) is 89.9 cm³/mol. The Hall–Kier alpha value is 0.430. The molecule has 0 heterocycles. The normalized spacial score (nSPS) is 9.59. The lowest BCUT2D eigenvalue weighted by molar-refractivity contribution is -0.936. The highest BCUT2D eigenvalue weighted by atomic mass is 79.9. The molecule has 102 valence electrons. The van der Waals surface area contributed by atoms with Gasteiger partial charge in [-0.3, -0.25) is 0 Å². The summed E-state index contributed by atoms with van der Waals surface area (Å²) in [4.78, 5) is 0. The van der Waals surface area contributed by atoms with Crippen LogP contribution in [-0.2, 0) is 6.54 Å². The number of hydrogen-bond acceptors (Lipinski definition) is 0. The van der Waals surface area contributed by atoms with Crippen LogP contribution < -0.4 is 0 Å². The molecular formula is C13H25Br2ClN+. The van der Waals surface area contributed by atoms with Gasteiger partial charge in [-0.25, -0.2) is 0 Å². The van der Waals surface area contributed by atoms with Crippen molar-refractivity contribution in [2.75, 3.05) is 19.6 Å². The second kappa shape index (κ2) is 11.5. The molecule has 0 unspecified atom stereocenters. The van der Waals surface area contributed by atoms with Crippen LogP contribution >= 0.6 is 46.4 Å². The number of benzene rings is 1. The van der Waals surface area contributed by atoms with E-state index in [1.807, 2.05) is 0 Å². The zero-order valence-electron chi connectivity index (χ0n) is 10.9. The van der Waals surface area contributed by atoms with Crippen molar-refractivity contribution < 1.29 is 4.48 Å². The molecule has 0 atom stereocenters. The summed E-state index contributed by atoms with van der Waals surface area (Å²) in [6, 6.07) is 10.8. The highest BCUT2D eigenvalue weighted by Gasteiger charge is 2.20. The first-order valence-corrected chi connectivity index (χ1v) is 5.65. The summed E-state index contributed by atoms with van der Waals surface area (Å²) in [6.07, 6.45) is 0. The summed E-state index contributed by atoms with van der Waals surface area (Å²) in [7, 11) is 0. The molecular weight excluding hydrogens is 365 g/mol. The fourth-order valence-corrected chi connectivity index (χ4v) is 1.98. The topological polar surface area (TPSA) is 0 Å². The monoisotopic (exact) mass is 388 g/mol. The van der Waals surface area contributed by atoms with E-state index in [1.165, 1.54) is 36.2 Å². The lowest BCUT2D eigenvalue weighted by atomic mass is 10.2. The maximum Gasteiger partial charge on any atom is 0.104 e. The maximum atomic E-state index is 2.29. The molecule has 0 saturated carbocycles. The van der Waals surface area contributed by atoms with Gasteiger partial charge in [-0.2, -0.15) is 0 Å². The smallest absolute Gasteiger partial charge is 0.104 e. The van der Waals surface area contributed by atoms with E-state index in [0.29, 0.717) is 0 Å². The van der Waals surface area contributed by atoms with Crippen LogP contribution in [0.1, 0.15) is 26.3 Å². The largest absolute Gasteiger partial charge is 0.321 e. The first-order chi connectivity index (χ1) is 6.76. The summed E-state index contributed by atoms with van der Waals surface area (Å²) in [5.74, 6) is 0. The van der Waals surface area contributed by atoms with Gasteiger partial charge in [0, 0.05) is 5.56 Å². The number of nitrogens with zero attached hydrogens (tertiary/aromatic N) is 1. The van der Waals surface area contributed by atoms with Gasteiger partial charge in [0.05, 0.1) is 19.6 Å². The molecule has 4 heteroatoms. The van der Waals surface area contributed by atoms with Crippen LogP contribution in [0.15, 0.2) is 30.3 Å². The molecule has 1 aromatic rings. The Kier molecular flexibility index (Phi) is 15.3. The van der Waals surface area contributed by atoms with Gasteiger partial charge in [0.25, 0.3) is 0 Å². The first kappa shape index (κ1) is 22.6. The minimum absolute atomic E-state index is 0. The van der Waals surface area contributed by atoms with Gasteiger partial charge in [-0.15, -0.1) is 46.4 Å². The summed E-state index contributed by atoms with van der Waals surface area (Å²) in [6.45, 7) is 11.7. The second-order valence-electron chi connectivity index (χ2n) is 3.93. The van der Waals surface area contributed by atoms with Crippen LogP contribution in [0.5, 0.6) is 0 Å². The highest BCUT2D eigenvalue weighted by Crippen LogP contribution is 2.13. The molecule has 1 aromatic carbocycles. The van der Waals surface area contributed by atoms with Crippen LogP contribution in [0.3, 0.4) is 0 Å². The van der Waals surface area contributed by atoms with Gasteiger partial charge in [0.1, 0.15) is 6.54 Å². The van der Waals surface area contributed by atoms with Gasteiger partial charge in [-0.05, 0) is 20.8 Å². The van der Waals surface area contributed by atoms with E-state index >= 15 is 0 Å². The molecule has 0 radical (unpaired) electrons. The Morgan fingerprint density at radius 2 is 1.24 bits per heavy atom. The van der Waals surface area contributed by atoms with Gasteiger partial charge < -0.3 is 4.48 Å². The van der Waals surface area contributed by atoms with E-state index in [1.54, 1.807) is 0 Å². The number of rotatable bonds is 5. The zero-order valence-corrected chi connectivity index (χ0v) is 15.1. The van der Waals surface area contributed by atoms with E-state index < -0.39 is 0 Å². The third kappa shape index (κ3) is 6.80. The summed E-state index contributed by atoms with van der Waals surface area (Å²) in [5.41, 5.74) is 1.46. The summed E-state index contributed by atoms with van der Waals surface area (Å²) >= 11 is 0. The molecule has 0 saturated heterocycles. The molecule has 17 heavy (non-hydrogen) atoms. The van der Waals surface area contributed by atoms with E-state index in [4.69, 9.17) is 0 Å². The second-order valence-corrected chi connectivity index (χ2v) is 3.93. The van der Waals surface area contributed by atoms with Crippen molar-refractivity contribution in [1.82, 2.24) is 0 Å². The van der Waals surface area contributed by atoms with E-state index in [9.17, 15) is 0 Å². The van der Waals surface area contributed by atoms with Crippen molar-refractivity contribution >= 4 is 46.4 Å². The van der Waals surface area contributed by atoms with E-state index in [-0.39, 0.29) is 46.4 Å². The van der Waals surface area contributed by atoms with Gasteiger partial charge in [0.2, 0.25) is 0 Å². The van der Waals surface area contributed by atoms with Crippen molar-refractivity contribution in [3.05, 3.63) is 35.9 Å². The predicted octanol–water partition coefficient (Wildman–Crippen LogP) is 4.64. The van der Waals surface area contributed by atoms with Gasteiger partial charge >= 0.3 is 0 Å². The van der Waals surface area contributed by atoms with Crippen molar-refractivity contribution in [3.8, 4) is 0 Å². The van der Waals surface area contributed by atoms with Crippen LogP contribution in [0.4, 0.5) is 0 Å². The minimum Gasteiger partial charge on any atom is -0.321 e. The van der Waals surface area contributed by atoms with Crippen molar-refractivity contribution in [2.24, 2.45) is 0 Å². The highest BCUT2D eigenvalue weighted by molar-refractivity contribution is 8.93. The van der Waals surface area contributed by atoms with E-state index in [0.717, 1.165) is 0 Å². The molecule has 1 rings (SSSR count). The van der Waals surface area contributed by atoms with E-state index in [2.05, 4.69) is 51.1 Å². The molecule has 0 bridgehead atoms. The first-order valence-electron chi connectivity index (χ1n) is 5.65. The maximum absolute atomic E-state index is 2.29. The van der Waals surface area contributed by atoms with Crippen LogP contribution in [0.2, 0.25) is 0 Å². The van der Waals surface area contributed by atoms with Crippen molar-refractivity contribution in [2.45, 2.75) is 27.3 Å². The number of halogens is 3. The van der Waals surface area contributed by atoms with Gasteiger partial charge in [0.15, 0.2) is 0 Å². The summed E-state index contributed by atoms with van der Waals surface area (Å²) in [5, 5.41) is 0. The molecule has 0 fully saturated rings. The van der Waals surface area contributed by atoms with Gasteiger partial charge in [-0.1, -0.05) is 30.3 Å². The standard InChI is InChI=1S/C13H22N.2BrH.ClH/c1-4-14(5-2,6-3)12-13-10-8-7-9-11-13;;;/h7-11H,4-6,12H2,1-3H3;3*1H/q+1;;;. The summed E-state index contributed by atoms with van der Waals surface area (Å²) < 4.78 is 1.20. The molecule has 0 aromatic heterocycles. The Bertz CT molecular complexity index is 255. The lowest BCUT2D eigenvalue weighted by Gasteiger charge is -2.35. The van der Waals surface area contributed by atoms with Crippen LogP contribution in [0, 0.1) is 0 Å². The third-order valence-corrected chi connectivity index (χ3v) is 3.37. The Morgan fingerprint density at radius 1 is 0.824 bits per heavy atom. The molecule has 0 spiro atoms. The molecule has 1 nitrogen and oxygen atoms in total. The SMILES string of the molecule is Br.Br.CC[N+](CC)(CC)Cc1ccccc1.Cl. The van der Waals surface area contributed by atoms with Crippen molar-refractivity contribution in [3.63, 3.8) is 0 Å². The average Bonchev–Trinajstić information content (AvgIpc) is 2.28. The molecule has 0 N–H and O–H groups in total. The quantitative estimate of drug-likeness (QED) is 0.643. The Balaban J connectivity index is -0.000000653. The molecule has 0 aliphatic rings. The average molecular weight is 391 g/mol. The lowest BCUT2D eigenvalue weighted by Crippen LogP contribution is -2.46. The molecule has 0 aliphatic heterocycles. The van der Waals surface area contributed by atoms with Crippen LogP contribution in [0.25, 0.3) is 0 Å². The minimum atomic E-state index is 0. The third-order valence-electron chi connectivity index (χ3n) is 3.37. The fraction of sp³-hybridized carbons (Fsp3) is 0.538. The molecule has 0 amide bonds. The number of hydrogen-bond donors (Lipinski definition) is 0.